The van der Waals surface area contributed by atoms with E-state index in [-0.39, 0.29) is 22.2 Å². The van der Waals surface area contributed by atoms with Gasteiger partial charge in [0.2, 0.25) is 0 Å². The molecule has 6 nitrogen and oxygen atoms in total. The number of hydrogen-bond donors (Lipinski definition) is 2. The van der Waals surface area contributed by atoms with Crippen LogP contribution < -0.4 is 0 Å². The molecule has 0 amide bonds. The number of thiophene rings is 1. The average Bonchev–Trinajstić information content (AvgIpc) is 2.61. The normalized spacial score (nSPS) is 18.3. The molecule has 0 atom stereocenters. The van der Waals surface area contributed by atoms with Crippen LogP contribution in [0.5, 0.6) is 0 Å². The second-order valence-electron chi connectivity index (χ2n) is 3.40. The predicted molar refractivity (Wildman–Crippen MR) is 56.0 cm³/mol. The summed E-state index contributed by atoms with van der Waals surface area (Å²) in [6, 6.07) is 2.53. The van der Waals surface area contributed by atoms with Gasteiger partial charge in [-0.25, -0.2) is 13.2 Å². The molecule has 1 aromatic heterocycles. The van der Waals surface area contributed by atoms with Gasteiger partial charge in [0.15, 0.2) is 0 Å². The van der Waals surface area contributed by atoms with Crippen molar-refractivity contribution in [1.29, 1.82) is 0 Å². The smallest absolute Gasteiger partial charge is 0.345 e. The van der Waals surface area contributed by atoms with Crippen molar-refractivity contribution in [2.24, 2.45) is 0 Å². The van der Waals surface area contributed by atoms with Gasteiger partial charge < -0.3 is 10.2 Å². The number of hydrogen-bond acceptors (Lipinski definition) is 5. The second kappa shape index (κ2) is 3.81. The number of rotatable bonds is 3. The molecule has 8 heteroatoms. The highest BCUT2D eigenvalue weighted by atomic mass is 32.2. The fourth-order valence-electron chi connectivity index (χ4n) is 1.31. The van der Waals surface area contributed by atoms with E-state index in [0.29, 0.717) is 11.3 Å². The van der Waals surface area contributed by atoms with E-state index < -0.39 is 22.1 Å². The molecule has 2 heterocycles. The monoisotopic (exact) mass is 263 g/mol. The maximum Gasteiger partial charge on any atom is 0.345 e. The van der Waals surface area contributed by atoms with Gasteiger partial charge in [-0.1, -0.05) is 0 Å². The number of carboxylic acids is 1. The van der Waals surface area contributed by atoms with E-state index in [2.05, 4.69) is 0 Å². The van der Waals surface area contributed by atoms with Crippen LogP contribution in [0.25, 0.3) is 0 Å². The third-order valence-corrected chi connectivity index (χ3v) is 5.59. The SMILES string of the molecule is O=C(O)c1ccc(S(=O)(=O)N2CC(O)C2)s1. The zero-order valence-electron chi connectivity index (χ0n) is 8.03. The van der Waals surface area contributed by atoms with Crippen LogP contribution in [0.3, 0.4) is 0 Å². The lowest BCUT2D eigenvalue weighted by Crippen LogP contribution is -2.53. The minimum absolute atomic E-state index is 0.00296. The van der Waals surface area contributed by atoms with Gasteiger partial charge in [-0.05, 0) is 12.1 Å². The summed E-state index contributed by atoms with van der Waals surface area (Å²) in [5, 5.41) is 17.7. The molecular formula is C8H9NO5S2. The lowest BCUT2D eigenvalue weighted by atomic mass is 10.2. The van der Waals surface area contributed by atoms with Gasteiger partial charge in [0.25, 0.3) is 10.0 Å². The van der Waals surface area contributed by atoms with E-state index in [0.717, 1.165) is 4.31 Å². The van der Waals surface area contributed by atoms with Crippen molar-refractivity contribution in [1.82, 2.24) is 4.31 Å². The first kappa shape index (κ1) is 11.5. The Bertz CT molecular complexity index is 514. The Morgan fingerprint density at radius 2 is 2.06 bits per heavy atom. The zero-order chi connectivity index (χ0) is 11.9. The first-order valence-corrected chi connectivity index (χ1v) is 6.68. The van der Waals surface area contributed by atoms with Gasteiger partial charge in [-0.15, -0.1) is 11.3 Å². The number of β-amino-alcohol motifs (C(OH)–C–C–N with tert-alkyl or cyclic N) is 1. The number of sulfonamides is 1. The van der Waals surface area contributed by atoms with Crippen molar-refractivity contribution in [3.63, 3.8) is 0 Å². The van der Waals surface area contributed by atoms with Crippen LogP contribution in [0.4, 0.5) is 0 Å². The number of aliphatic hydroxyl groups is 1. The Kier molecular flexibility index (Phi) is 2.74. The van der Waals surface area contributed by atoms with Gasteiger partial charge in [0.1, 0.15) is 9.09 Å². The maximum absolute atomic E-state index is 11.8. The van der Waals surface area contributed by atoms with E-state index in [1.807, 2.05) is 0 Å². The van der Waals surface area contributed by atoms with Gasteiger partial charge in [-0.2, -0.15) is 4.31 Å². The third kappa shape index (κ3) is 1.84. The number of aromatic carboxylic acids is 1. The standard InChI is InChI=1S/C8H9NO5S2/c10-5-3-9(4-5)16(13,14)7-2-1-6(15-7)8(11)12/h1-2,5,10H,3-4H2,(H,11,12). The Balaban J connectivity index is 2.26. The van der Waals surface area contributed by atoms with Crippen LogP contribution in [-0.4, -0.2) is 48.1 Å². The Morgan fingerprint density at radius 1 is 1.44 bits per heavy atom. The minimum atomic E-state index is -3.62. The Labute approximate surface area is 95.8 Å². The van der Waals surface area contributed by atoms with Crippen LogP contribution >= 0.6 is 11.3 Å². The number of aliphatic hydroxyl groups excluding tert-OH is 1. The molecule has 0 spiro atoms. The molecular weight excluding hydrogens is 254 g/mol. The quantitative estimate of drug-likeness (QED) is 0.788. The molecule has 0 radical (unpaired) electrons. The summed E-state index contributed by atoms with van der Waals surface area (Å²) < 4.78 is 24.8. The molecule has 0 unspecified atom stereocenters. The first-order valence-electron chi connectivity index (χ1n) is 4.42. The van der Waals surface area contributed by atoms with Crippen molar-refractivity contribution in [3.8, 4) is 0 Å². The molecule has 0 bridgehead atoms. The molecule has 88 valence electrons. The maximum atomic E-state index is 11.8. The highest BCUT2D eigenvalue weighted by Crippen LogP contribution is 2.27. The minimum Gasteiger partial charge on any atom is -0.477 e. The first-order chi connectivity index (χ1) is 7.41. The van der Waals surface area contributed by atoms with E-state index in [9.17, 15) is 13.2 Å². The summed E-state index contributed by atoms with van der Waals surface area (Å²) in [6.07, 6.45) is -0.617. The number of carbonyl (C=O) groups is 1. The molecule has 1 aromatic rings. The van der Waals surface area contributed by atoms with Crippen molar-refractivity contribution >= 4 is 27.3 Å². The van der Waals surface area contributed by atoms with E-state index in [1.54, 1.807) is 0 Å². The molecule has 0 saturated carbocycles. The summed E-state index contributed by atoms with van der Waals surface area (Å²) in [5.41, 5.74) is 0. The predicted octanol–water partition coefficient (Wildman–Crippen LogP) is -0.189. The molecule has 1 fully saturated rings. The summed E-state index contributed by atoms with van der Waals surface area (Å²) in [7, 11) is -3.62. The third-order valence-electron chi connectivity index (χ3n) is 2.22. The van der Waals surface area contributed by atoms with Crippen LogP contribution in [0, 0.1) is 0 Å². The largest absolute Gasteiger partial charge is 0.477 e. The molecule has 1 aliphatic heterocycles. The lowest BCUT2D eigenvalue weighted by Gasteiger charge is -2.33. The van der Waals surface area contributed by atoms with Crippen LogP contribution in [0.2, 0.25) is 0 Å². The summed E-state index contributed by atoms with van der Waals surface area (Å²) >= 11 is 0.716. The van der Waals surface area contributed by atoms with Gasteiger partial charge >= 0.3 is 5.97 Å². The topological polar surface area (TPSA) is 94.9 Å². The molecule has 16 heavy (non-hydrogen) atoms. The second-order valence-corrected chi connectivity index (χ2v) is 6.65. The van der Waals surface area contributed by atoms with Gasteiger partial charge in [-0.3, -0.25) is 0 Å². The van der Waals surface area contributed by atoms with Crippen LogP contribution in [0.15, 0.2) is 16.3 Å². The van der Waals surface area contributed by atoms with E-state index in [4.69, 9.17) is 10.2 Å². The van der Waals surface area contributed by atoms with Crippen molar-refractivity contribution in [3.05, 3.63) is 17.0 Å². The molecule has 1 aliphatic rings. The molecule has 1 saturated heterocycles. The average molecular weight is 263 g/mol. The fraction of sp³-hybridized carbons (Fsp3) is 0.375. The van der Waals surface area contributed by atoms with Crippen LogP contribution in [-0.2, 0) is 10.0 Å². The Hall–Kier alpha value is -0.960. The molecule has 0 aromatic carbocycles. The Morgan fingerprint density at radius 3 is 2.50 bits per heavy atom. The molecule has 2 rings (SSSR count). The zero-order valence-corrected chi connectivity index (χ0v) is 9.66. The van der Waals surface area contributed by atoms with Crippen molar-refractivity contribution < 1.29 is 23.4 Å². The van der Waals surface area contributed by atoms with Crippen molar-refractivity contribution in [2.75, 3.05) is 13.1 Å². The molecule has 0 aliphatic carbocycles. The number of nitrogens with zero attached hydrogens (tertiary/aromatic N) is 1. The number of carboxylic acid groups (broad SMARTS) is 1. The highest BCUT2D eigenvalue weighted by molar-refractivity contribution is 7.91. The van der Waals surface area contributed by atoms with E-state index in [1.165, 1.54) is 12.1 Å². The summed E-state index contributed by atoms with van der Waals surface area (Å²) in [5.74, 6) is -1.14. The molecule has 2 N–H and O–H groups in total. The lowest BCUT2D eigenvalue weighted by molar-refractivity contribution is 0.0549. The van der Waals surface area contributed by atoms with Crippen LogP contribution in [0.1, 0.15) is 9.67 Å². The van der Waals surface area contributed by atoms with E-state index >= 15 is 0 Å². The summed E-state index contributed by atoms with van der Waals surface area (Å²) in [4.78, 5) is 10.6. The fourth-order valence-corrected chi connectivity index (χ4v) is 4.13. The van der Waals surface area contributed by atoms with Gasteiger partial charge in [0.05, 0.1) is 6.10 Å². The highest BCUT2D eigenvalue weighted by Gasteiger charge is 2.36. The summed E-state index contributed by atoms with van der Waals surface area (Å²) in [6.45, 7) is 0.144. The van der Waals surface area contributed by atoms with Crippen molar-refractivity contribution in [2.45, 2.75) is 10.3 Å². The van der Waals surface area contributed by atoms with Gasteiger partial charge in [0, 0.05) is 13.1 Å².